The number of aryl methyl sites for hydroxylation is 2. The van der Waals surface area contributed by atoms with Crippen LogP contribution in [0.25, 0.3) is 0 Å². The van der Waals surface area contributed by atoms with Gasteiger partial charge < -0.3 is 10.3 Å². The minimum Gasteiger partial charge on any atom is -0.381 e. The molecule has 17 heavy (non-hydrogen) atoms. The van der Waals surface area contributed by atoms with Crippen molar-refractivity contribution in [2.45, 2.75) is 5.03 Å². The van der Waals surface area contributed by atoms with Gasteiger partial charge in [-0.3, -0.25) is 0 Å². The number of nitrogens with two attached hydrogens (primary N) is 1. The van der Waals surface area contributed by atoms with E-state index in [4.69, 9.17) is 5.73 Å². The molecule has 2 aromatic heterocycles. The molecule has 0 aliphatic heterocycles. The van der Waals surface area contributed by atoms with Gasteiger partial charge in [0.2, 0.25) is 0 Å². The van der Waals surface area contributed by atoms with Gasteiger partial charge in [0.25, 0.3) is 16.0 Å². The second-order valence-electron chi connectivity index (χ2n) is 3.25. The van der Waals surface area contributed by atoms with Crippen molar-refractivity contribution < 1.29 is 8.42 Å². The number of nitrogen functional groups attached to an aromatic ring is 1. The van der Waals surface area contributed by atoms with Crippen LogP contribution in [-0.2, 0) is 24.1 Å². The van der Waals surface area contributed by atoms with Crippen LogP contribution < -0.4 is 10.5 Å². The second kappa shape index (κ2) is 3.69. The van der Waals surface area contributed by atoms with Crippen molar-refractivity contribution in [2.24, 2.45) is 14.1 Å². The first-order valence-corrected chi connectivity index (χ1v) is 5.92. The minimum atomic E-state index is -3.87. The summed E-state index contributed by atoms with van der Waals surface area (Å²) in [4.78, 5) is 4.82. The topological polar surface area (TPSA) is 134 Å². The van der Waals surface area contributed by atoms with Crippen molar-refractivity contribution >= 4 is 21.8 Å². The van der Waals surface area contributed by atoms with Crippen LogP contribution in [0.1, 0.15) is 0 Å². The highest BCUT2D eigenvalue weighted by Gasteiger charge is 2.24. The average Bonchev–Trinajstić information content (AvgIpc) is 2.73. The molecule has 0 radical (unpaired) electrons. The van der Waals surface area contributed by atoms with Crippen molar-refractivity contribution in [1.29, 1.82) is 0 Å². The molecule has 2 rings (SSSR count). The van der Waals surface area contributed by atoms with Gasteiger partial charge in [-0.1, -0.05) is 5.10 Å². The van der Waals surface area contributed by atoms with Gasteiger partial charge in [-0.05, 0) is 5.21 Å². The SMILES string of the molecule is Cn1nnc(NS(=O)(=O)c2c(N)ncn2C)n1. The van der Waals surface area contributed by atoms with Gasteiger partial charge in [0.15, 0.2) is 10.8 Å². The molecule has 0 fully saturated rings. The molecule has 92 valence electrons. The Morgan fingerprint density at radius 2 is 2.12 bits per heavy atom. The monoisotopic (exact) mass is 258 g/mol. The Morgan fingerprint density at radius 1 is 1.41 bits per heavy atom. The molecule has 0 saturated carbocycles. The van der Waals surface area contributed by atoms with Crippen LogP contribution in [0.2, 0.25) is 0 Å². The molecule has 0 aliphatic rings. The Balaban J connectivity index is 2.38. The fourth-order valence-corrected chi connectivity index (χ4v) is 2.43. The summed E-state index contributed by atoms with van der Waals surface area (Å²) >= 11 is 0. The molecule has 2 heterocycles. The van der Waals surface area contributed by atoms with Crippen LogP contribution in [0.3, 0.4) is 0 Å². The number of rotatable bonds is 3. The number of nitrogens with one attached hydrogen (secondary N) is 1. The highest BCUT2D eigenvalue weighted by Crippen LogP contribution is 2.17. The minimum absolute atomic E-state index is 0.0936. The van der Waals surface area contributed by atoms with Crippen LogP contribution in [-0.4, -0.2) is 38.2 Å². The molecule has 2 aromatic rings. The summed E-state index contributed by atoms with van der Waals surface area (Å²) in [6.45, 7) is 0. The number of imidazole rings is 1. The van der Waals surface area contributed by atoms with E-state index >= 15 is 0 Å². The lowest BCUT2D eigenvalue weighted by Gasteiger charge is -2.04. The molecular formula is C6H10N8O2S. The maximum Gasteiger partial charge on any atom is 0.283 e. The molecule has 10 nitrogen and oxygen atoms in total. The third-order valence-electron chi connectivity index (χ3n) is 1.90. The van der Waals surface area contributed by atoms with E-state index < -0.39 is 10.0 Å². The molecular weight excluding hydrogens is 248 g/mol. The van der Waals surface area contributed by atoms with Crippen LogP contribution >= 0.6 is 0 Å². The first-order chi connectivity index (χ1) is 7.90. The quantitative estimate of drug-likeness (QED) is 0.672. The lowest BCUT2D eigenvalue weighted by molar-refractivity contribution is 0.591. The number of hydrogen-bond acceptors (Lipinski definition) is 7. The summed E-state index contributed by atoms with van der Waals surface area (Å²) in [6, 6.07) is 0. The molecule has 0 aromatic carbocycles. The van der Waals surface area contributed by atoms with Crippen LogP contribution in [0.4, 0.5) is 11.8 Å². The summed E-state index contributed by atoms with van der Waals surface area (Å²) in [6.07, 6.45) is 1.30. The van der Waals surface area contributed by atoms with Crippen molar-refractivity contribution in [3.63, 3.8) is 0 Å². The molecule has 0 atom stereocenters. The van der Waals surface area contributed by atoms with Crippen molar-refractivity contribution in [3.8, 4) is 0 Å². The van der Waals surface area contributed by atoms with Gasteiger partial charge in [0.1, 0.15) is 0 Å². The lowest BCUT2D eigenvalue weighted by atomic mass is 10.8. The van der Waals surface area contributed by atoms with Crippen LogP contribution in [0.15, 0.2) is 11.4 Å². The van der Waals surface area contributed by atoms with Gasteiger partial charge in [0.05, 0.1) is 13.4 Å². The van der Waals surface area contributed by atoms with Crippen LogP contribution in [0.5, 0.6) is 0 Å². The van der Waals surface area contributed by atoms with Crippen LogP contribution in [0, 0.1) is 0 Å². The van der Waals surface area contributed by atoms with Gasteiger partial charge in [-0.15, -0.1) is 5.10 Å². The Bertz CT molecular complexity index is 621. The van der Waals surface area contributed by atoms with E-state index in [1.165, 1.54) is 25.0 Å². The standard InChI is InChI=1S/C6H10N8O2S/c1-13-3-8-4(7)5(13)17(15,16)11-6-9-12-14(2)10-6/h3H,7H2,1-2H3,(H,10,11). The Kier molecular flexibility index (Phi) is 2.46. The Hall–Kier alpha value is -2.17. The Morgan fingerprint density at radius 3 is 2.59 bits per heavy atom. The fourth-order valence-electron chi connectivity index (χ4n) is 1.26. The number of aromatic nitrogens is 6. The summed E-state index contributed by atoms with van der Waals surface area (Å²) in [5, 5.41) is 10.6. The molecule has 0 spiro atoms. The number of sulfonamides is 1. The number of anilines is 2. The van der Waals surface area contributed by atoms with Gasteiger partial charge >= 0.3 is 0 Å². The lowest BCUT2D eigenvalue weighted by Crippen LogP contribution is -2.18. The predicted molar refractivity (Wildman–Crippen MR) is 57.2 cm³/mol. The van der Waals surface area contributed by atoms with E-state index in [-0.39, 0.29) is 16.8 Å². The van der Waals surface area contributed by atoms with E-state index in [0.717, 1.165) is 4.80 Å². The van der Waals surface area contributed by atoms with E-state index in [2.05, 4.69) is 25.1 Å². The third kappa shape index (κ3) is 2.04. The van der Waals surface area contributed by atoms with Crippen molar-refractivity contribution in [3.05, 3.63) is 6.33 Å². The summed E-state index contributed by atoms with van der Waals surface area (Å²) in [7, 11) is -0.838. The van der Waals surface area contributed by atoms with Crippen molar-refractivity contribution in [2.75, 3.05) is 10.5 Å². The van der Waals surface area contributed by atoms with Crippen molar-refractivity contribution in [1.82, 2.24) is 29.8 Å². The number of tetrazole rings is 1. The van der Waals surface area contributed by atoms with Gasteiger partial charge in [0, 0.05) is 7.05 Å². The molecule has 0 unspecified atom stereocenters. The molecule has 3 N–H and O–H groups in total. The highest BCUT2D eigenvalue weighted by molar-refractivity contribution is 7.92. The third-order valence-corrected chi connectivity index (χ3v) is 3.36. The Labute approximate surface area is 96.5 Å². The highest BCUT2D eigenvalue weighted by atomic mass is 32.2. The zero-order valence-corrected chi connectivity index (χ0v) is 9.88. The summed E-state index contributed by atoms with van der Waals surface area (Å²) < 4.78 is 27.3. The average molecular weight is 258 g/mol. The zero-order valence-electron chi connectivity index (χ0n) is 9.06. The first-order valence-electron chi connectivity index (χ1n) is 4.44. The molecule has 0 saturated heterocycles. The van der Waals surface area contributed by atoms with E-state index in [9.17, 15) is 8.42 Å². The second-order valence-corrected chi connectivity index (χ2v) is 4.85. The summed E-state index contributed by atoms with van der Waals surface area (Å²) in [5.41, 5.74) is 5.47. The normalized spacial score (nSPS) is 11.6. The molecule has 0 aliphatic carbocycles. The van der Waals surface area contributed by atoms with Gasteiger partial charge in [-0.2, -0.15) is 13.2 Å². The molecule has 11 heteroatoms. The fraction of sp³-hybridized carbons (Fsp3) is 0.333. The molecule has 0 amide bonds. The smallest absolute Gasteiger partial charge is 0.283 e. The van der Waals surface area contributed by atoms with E-state index in [1.807, 2.05) is 0 Å². The summed E-state index contributed by atoms with van der Waals surface area (Å²) in [5.74, 6) is -0.225. The largest absolute Gasteiger partial charge is 0.381 e. The maximum atomic E-state index is 11.9. The maximum absolute atomic E-state index is 11.9. The molecule has 0 bridgehead atoms. The van der Waals surface area contributed by atoms with E-state index in [1.54, 1.807) is 0 Å². The predicted octanol–water partition coefficient (Wildman–Crippen LogP) is -1.67. The van der Waals surface area contributed by atoms with E-state index in [0.29, 0.717) is 0 Å². The zero-order chi connectivity index (χ0) is 12.6. The first kappa shape index (κ1) is 11.3. The van der Waals surface area contributed by atoms with Gasteiger partial charge in [-0.25, -0.2) is 9.71 Å². The number of hydrogen-bond donors (Lipinski definition) is 2. The number of nitrogens with zero attached hydrogens (tertiary/aromatic N) is 6.